The quantitative estimate of drug-likeness (QED) is 0.536. The summed E-state index contributed by atoms with van der Waals surface area (Å²) in [5.41, 5.74) is 0. The molecule has 6 heteroatoms. The molecule has 0 radical (unpaired) electrons. The van der Waals surface area contributed by atoms with Crippen LogP contribution >= 0.6 is 0 Å². The fourth-order valence-electron chi connectivity index (χ4n) is 0.813. The normalized spacial score (nSPS) is 29.0. The summed E-state index contributed by atoms with van der Waals surface area (Å²) in [6, 6.07) is -0.387. The van der Waals surface area contributed by atoms with Crippen LogP contribution in [0, 0.1) is 0 Å². The van der Waals surface area contributed by atoms with E-state index >= 15 is 0 Å². The molecular formula is C4H7NO4S. The number of hydrogen-bond donors (Lipinski definition) is 2. The molecule has 2 N–H and O–H groups in total. The highest BCUT2D eigenvalue weighted by Crippen LogP contribution is 2.08. The smallest absolute Gasteiger partial charge is 0.304 e. The monoisotopic (exact) mass is 165 g/mol. The molecule has 0 bridgehead atoms. The van der Waals surface area contributed by atoms with Crippen LogP contribution in [0.1, 0.15) is 6.42 Å². The summed E-state index contributed by atoms with van der Waals surface area (Å²) in [7, 11) is -3.09. The lowest BCUT2D eigenvalue weighted by Crippen LogP contribution is -2.53. The number of carbonyl (C=O) groups is 1. The van der Waals surface area contributed by atoms with Crippen molar-refractivity contribution in [3.05, 3.63) is 0 Å². The zero-order valence-corrected chi connectivity index (χ0v) is 5.89. The first kappa shape index (κ1) is 7.49. The van der Waals surface area contributed by atoms with Gasteiger partial charge in [-0.15, -0.1) is 0 Å². The molecule has 0 saturated carbocycles. The van der Waals surface area contributed by atoms with Crippen molar-refractivity contribution in [1.29, 1.82) is 0 Å². The van der Waals surface area contributed by atoms with Crippen LogP contribution in [0.25, 0.3) is 0 Å². The van der Waals surface area contributed by atoms with Crippen molar-refractivity contribution in [2.45, 2.75) is 12.5 Å². The number of carboxylic acid groups (broad SMARTS) is 1. The maximum absolute atomic E-state index is 10.4. The SMILES string of the molecule is O=C(O)C[C@H]1CS(=O)(=O)N1. The molecule has 1 fully saturated rings. The molecular weight excluding hydrogens is 158 g/mol. The Morgan fingerprint density at radius 1 is 1.70 bits per heavy atom. The predicted octanol–water partition coefficient (Wildman–Crippen LogP) is -1.24. The summed E-state index contributed by atoms with van der Waals surface area (Å²) in [4.78, 5) is 9.98. The van der Waals surface area contributed by atoms with E-state index in [9.17, 15) is 13.2 Å². The number of hydrogen-bond acceptors (Lipinski definition) is 3. The summed E-state index contributed by atoms with van der Waals surface area (Å²) < 4.78 is 22.9. The molecule has 1 aliphatic rings. The molecule has 1 saturated heterocycles. The van der Waals surface area contributed by atoms with E-state index in [1.807, 2.05) is 0 Å². The molecule has 0 aromatic heterocycles. The molecule has 1 rings (SSSR count). The molecule has 1 heterocycles. The molecule has 0 aliphatic carbocycles. The third kappa shape index (κ3) is 1.68. The van der Waals surface area contributed by atoms with E-state index in [0.29, 0.717) is 0 Å². The highest BCUT2D eigenvalue weighted by molar-refractivity contribution is 7.90. The average molecular weight is 165 g/mol. The van der Waals surface area contributed by atoms with E-state index in [1.54, 1.807) is 0 Å². The topological polar surface area (TPSA) is 83.5 Å². The standard InChI is InChI=1S/C4H7NO4S/c6-4(7)1-3-2-10(8,9)5-3/h3,5H,1-2H2,(H,6,7)/t3-/m0/s1. The molecule has 5 nitrogen and oxygen atoms in total. The van der Waals surface area contributed by atoms with Gasteiger partial charge in [-0.2, -0.15) is 0 Å². The molecule has 0 amide bonds. The van der Waals surface area contributed by atoms with Gasteiger partial charge in [0.05, 0.1) is 12.2 Å². The van der Waals surface area contributed by atoms with Crippen LogP contribution in [0.3, 0.4) is 0 Å². The summed E-state index contributed by atoms with van der Waals surface area (Å²) >= 11 is 0. The minimum Gasteiger partial charge on any atom is -0.481 e. The van der Waals surface area contributed by atoms with E-state index in [4.69, 9.17) is 5.11 Å². The lowest BCUT2D eigenvalue weighted by molar-refractivity contribution is -0.137. The summed E-state index contributed by atoms with van der Waals surface area (Å²) in [6.07, 6.45) is -0.126. The second-order valence-corrected chi connectivity index (χ2v) is 3.99. The fraction of sp³-hybridized carbons (Fsp3) is 0.750. The number of aliphatic carboxylic acids is 1. The van der Waals surface area contributed by atoms with Gasteiger partial charge in [-0.05, 0) is 0 Å². The lowest BCUT2D eigenvalue weighted by atomic mass is 10.2. The highest BCUT2D eigenvalue weighted by Gasteiger charge is 2.33. The molecule has 0 unspecified atom stereocenters. The third-order valence-corrected chi connectivity index (χ3v) is 2.72. The first-order valence-corrected chi connectivity index (χ1v) is 4.36. The second kappa shape index (κ2) is 2.21. The predicted molar refractivity (Wildman–Crippen MR) is 33.0 cm³/mol. The molecule has 1 aliphatic heterocycles. The Bertz CT molecular complexity index is 232. The summed E-state index contributed by atoms with van der Waals surface area (Å²) in [6.45, 7) is 0. The van der Waals surface area contributed by atoms with Crippen LogP contribution in [-0.2, 0) is 14.8 Å². The summed E-state index contributed by atoms with van der Waals surface area (Å²) in [5, 5.41) is 8.18. The van der Waals surface area contributed by atoms with Crippen molar-refractivity contribution in [2.24, 2.45) is 0 Å². The minimum absolute atomic E-state index is 0.0563. The molecule has 0 aromatic rings. The largest absolute Gasteiger partial charge is 0.481 e. The van der Waals surface area contributed by atoms with Gasteiger partial charge in [0.25, 0.3) is 0 Å². The van der Waals surface area contributed by atoms with Crippen molar-refractivity contribution in [3.8, 4) is 0 Å². The maximum atomic E-state index is 10.4. The number of rotatable bonds is 2. The van der Waals surface area contributed by atoms with E-state index in [0.717, 1.165) is 0 Å². The molecule has 58 valence electrons. The van der Waals surface area contributed by atoms with Gasteiger partial charge >= 0.3 is 5.97 Å². The third-order valence-electron chi connectivity index (χ3n) is 1.19. The van der Waals surface area contributed by atoms with E-state index in [2.05, 4.69) is 4.72 Å². The number of carboxylic acids is 1. The van der Waals surface area contributed by atoms with Crippen molar-refractivity contribution in [1.82, 2.24) is 4.72 Å². The zero-order valence-electron chi connectivity index (χ0n) is 5.07. The highest BCUT2D eigenvalue weighted by atomic mass is 32.2. The van der Waals surface area contributed by atoms with Gasteiger partial charge in [-0.3, -0.25) is 4.79 Å². The van der Waals surface area contributed by atoms with Crippen LogP contribution in [0.4, 0.5) is 0 Å². The first-order chi connectivity index (χ1) is 4.49. The zero-order chi connectivity index (χ0) is 7.78. The molecule has 1 atom stereocenters. The van der Waals surface area contributed by atoms with Crippen LogP contribution in [0.5, 0.6) is 0 Å². The van der Waals surface area contributed by atoms with Crippen molar-refractivity contribution in [2.75, 3.05) is 5.75 Å². The van der Waals surface area contributed by atoms with Gasteiger partial charge in [0.1, 0.15) is 0 Å². The van der Waals surface area contributed by atoms with E-state index < -0.39 is 16.0 Å². The Balaban J connectivity index is 2.34. The molecule has 0 aromatic carbocycles. The van der Waals surface area contributed by atoms with Gasteiger partial charge in [0.15, 0.2) is 0 Å². The van der Waals surface area contributed by atoms with Gasteiger partial charge in [0, 0.05) is 6.04 Å². The van der Waals surface area contributed by atoms with Crippen molar-refractivity contribution in [3.63, 3.8) is 0 Å². The Morgan fingerprint density at radius 3 is 2.50 bits per heavy atom. The van der Waals surface area contributed by atoms with Crippen molar-refractivity contribution >= 4 is 16.0 Å². The van der Waals surface area contributed by atoms with Gasteiger partial charge < -0.3 is 5.11 Å². The van der Waals surface area contributed by atoms with Crippen molar-refractivity contribution < 1.29 is 18.3 Å². The first-order valence-electron chi connectivity index (χ1n) is 2.71. The maximum Gasteiger partial charge on any atom is 0.304 e. The van der Waals surface area contributed by atoms with E-state index in [1.165, 1.54) is 0 Å². The Kier molecular flexibility index (Phi) is 1.65. The number of nitrogens with one attached hydrogen (secondary N) is 1. The molecule has 10 heavy (non-hydrogen) atoms. The van der Waals surface area contributed by atoms with Crippen LogP contribution in [-0.4, -0.2) is 31.3 Å². The van der Waals surface area contributed by atoms with Gasteiger partial charge in [-0.1, -0.05) is 0 Å². The lowest BCUT2D eigenvalue weighted by Gasteiger charge is -2.25. The Labute approximate surface area is 58.1 Å². The van der Waals surface area contributed by atoms with E-state index in [-0.39, 0.29) is 18.2 Å². The Hall–Kier alpha value is -0.620. The fourth-order valence-corrected chi connectivity index (χ4v) is 2.02. The van der Waals surface area contributed by atoms with Crippen LogP contribution < -0.4 is 4.72 Å². The number of sulfonamides is 1. The second-order valence-electron chi connectivity index (χ2n) is 2.19. The molecule has 0 spiro atoms. The van der Waals surface area contributed by atoms with Crippen LogP contribution in [0.15, 0.2) is 0 Å². The summed E-state index contributed by atoms with van der Waals surface area (Å²) in [5.74, 6) is -1.04. The van der Waals surface area contributed by atoms with Gasteiger partial charge in [0.2, 0.25) is 10.0 Å². The van der Waals surface area contributed by atoms with Crippen LogP contribution in [0.2, 0.25) is 0 Å². The Morgan fingerprint density at radius 2 is 2.20 bits per heavy atom. The van der Waals surface area contributed by atoms with Gasteiger partial charge in [-0.25, -0.2) is 13.1 Å². The average Bonchev–Trinajstić information content (AvgIpc) is 1.57. The minimum atomic E-state index is -3.09.